The van der Waals surface area contributed by atoms with Crippen LogP contribution in [0, 0.1) is 6.92 Å². The minimum Gasteiger partial charge on any atom is -0.397 e. The number of benzene rings is 3. The predicted octanol–water partition coefficient (Wildman–Crippen LogP) is 4.50. The average Bonchev–Trinajstić information content (AvgIpc) is 2.60. The summed E-state index contributed by atoms with van der Waals surface area (Å²) in [5.74, 6) is -0.165. The quantitative estimate of drug-likeness (QED) is 0.700. The molecule has 3 N–H and O–H groups in total. The number of aryl methyl sites for hydroxylation is 1. The zero-order valence-corrected chi connectivity index (χ0v) is 12.9. The van der Waals surface area contributed by atoms with E-state index < -0.39 is 0 Å². The Bertz CT molecular complexity index is 824. The molecule has 3 heteroatoms. The molecule has 1 amide bonds. The van der Waals surface area contributed by atoms with Crippen LogP contribution < -0.4 is 11.1 Å². The van der Waals surface area contributed by atoms with Crippen LogP contribution in [-0.4, -0.2) is 5.91 Å². The van der Waals surface area contributed by atoms with Crippen LogP contribution in [0.5, 0.6) is 0 Å². The second kappa shape index (κ2) is 6.36. The first-order chi connectivity index (χ1) is 11.1. The Morgan fingerprint density at radius 1 is 0.826 bits per heavy atom. The van der Waals surface area contributed by atoms with Gasteiger partial charge in [0.25, 0.3) is 5.91 Å². The lowest BCUT2D eigenvalue weighted by atomic mass is 10.0. The number of para-hydroxylation sites is 1. The van der Waals surface area contributed by atoms with Gasteiger partial charge < -0.3 is 11.1 Å². The molecule has 114 valence electrons. The van der Waals surface area contributed by atoms with Crippen LogP contribution in [0.3, 0.4) is 0 Å². The summed E-state index contributed by atoms with van der Waals surface area (Å²) in [5, 5.41) is 2.86. The molecule has 0 saturated carbocycles. The number of nitrogens with two attached hydrogens (primary N) is 1. The molecule has 3 aromatic carbocycles. The van der Waals surface area contributed by atoms with Gasteiger partial charge in [-0.25, -0.2) is 0 Å². The summed E-state index contributed by atoms with van der Waals surface area (Å²) in [7, 11) is 0. The van der Waals surface area contributed by atoms with Crippen molar-refractivity contribution < 1.29 is 4.79 Å². The second-order valence-corrected chi connectivity index (χ2v) is 5.43. The summed E-state index contributed by atoms with van der Waals surface area (Å²) < 4.78 is 0. The number of anilines is 2. The van der Waals surface area contributed by atoms with Crippen LogP contribution in [0.1, 0.15) is 15.9 Å². The maximum Gasteiger partial charge on any atom is 0.255 e. The van der Waals surface area contributed by atoms with Crippen LogP contribution in [-0.2, 0) is 0 Å². The number of carbonyl (C=O) groups excluding carboxylic acids is 1. The lowest BCUT2D eigenvalue weighted by Gasteiger charge is -2.10. The van der Waals surface area contributed by atoms with E-state index in [0.717, 1.165) is 16.7 Å². The van der Waals surface area contributed by atoms with E-state index in [9.17, 15) is 4.79 Å². The lowest BCUT2D eigenvalue weighted by Crippen LogP contribution is -2.13. The third-order valence-electron chi connectivity index (χ3n) is 3.83. The van der Waals surface area contributed by atoms with Crippen LogP contribution >= 0.6 is 0 Å². The minimum atomic E-state index is -0.165. The molecular weight excluding hydrogens is 284 g/mol. The van der Waals surface area contributed by atoms with Gasteiger partial charge in [-0.1, -0.05) is 54.6 Å². The zero-order valence-electron chi connectivity index (χ0n) is 12.9. The number of rotatable bonds is 3. The van der Waals surface area contributed by atoms with E-state index in [-0.39, 0.29) is 5.91 Å². The zero-order chi connectivity index (χ0) is 16.2. The van der Waals surface area contributed by atoms with Crippen molar-refractivity contribution in [2.24, 2.45) is 0 Å². The Morgan fingerprint density at radius 3 is 2.17 bits per heavy atom. The first-order valence-corrected chi connectivity index (χ1v) is 7.47. The molecule has 0 saturated heterocycles. The Balaban J connectivity index is 1.79. The first-order valence-electron chi connectivity index (χ1n) is 7.47. The summed E-state index contributed by atoms with van der Waals surface area (Å²) in [6.07, 6.45) is 0. The van der Waals surface area contributed by atoms with Crippen molar-refractivity contribution in [2.45, 2.75) is 6.92 Å². The molecule has 0 heterocycles. The molecule has 3 nitrogen and oxygen atoms in total. The van der Waals surface area contributed by atoms with Crippen LogP contribution in [0.4, 0.5) is 11.4 Å². The highest BCUT2D eigenvalue weighted by Crippen LogP contribution is 2.23. The van der Waals surface area contributed by atoms with E-state index in [4.69, 9.17) is 5.73 Å². The molecule has 3 rings (SSSR count). The number of nitrogens with one attached hydrogen (secondary N) is 1. The van der Waals surface area contributed by atoms with E-state index in [1.165, 1.54) is 0 Å². The van der Waals surface area contributed by atoms with E-state index in [1.807, 2.05) is 73.7 Å². The van der Waals surface area contributed by atoms with Gasteiger partial charge in [-0.3, -0.25) is 4.79 Å². The predicted molar refractivity (Wildman–Crippen MR) is 95.4 cm³/mol. The van der Waals surface area contributed by atoms with Crippen LogP contribution in [0.25, 0.3) is 11.1 Å². The fourth-order valence-electron chi connectivity index (χ4n) is 2.43. The van der Waals surface area contributed by atoms with Gasteiger partial charge in [0.1, 0.15) is 0 Å². The minimum absolute atomic E-state index is 0.165. The SMILES string of the molecule is Cc1cccc(NC(=O)c2ccc(-c3ccccc3)cc2)c1N. The largest absolute Gasteiger partial charge is 0.397 e. The molecule has 0 fully saturated rings. The summed E-state index contributed by atoms with van der Waals surface area (Å²) in [4.78, 5) is 12.4. The van der Waals surface area contributed by atoms with Gasteiger partial charge in [-0.05, 0) is 41.8 Å². The van der Waals surface area contributed by atoms with Crippen molar-refractivity contribution in [1.82, 2.24) is 0 Å². The fraction of sp³-hybridized carbons (Fsp3) is 0.0500. The van der Waals surface area contributed by atoms with Crippen LogP contribution in [0.15, 0.2) is 72.8 Å². The number of hydrogen-bond donors (Lipinski definition) is 2. The average molecular weight is 302 g/mol. The highest BCUT2D eigenvalue weighted by molar-refractivity contribution is 6.06. The third-order valence-corrected chi connectivity index (χ3v) is 3.83. The van der Waals surface area contributed by atoms with E-state index in [1.54, 1.807) is 6.07 Å². The summed E-state index contributed by atoms with van der Waals surface area (Å²) in [5.41, 5.74) is 11.0. The number of amides is 1. The molecule has 0 aliphatic carbocycles. The Morgan fingerprint density at radius 2 is 1.48 bits per heavy atom. The van der Waals surface area contributed by atoms with E-state index >= 15 is 0 Å². The Labute approximate surface area is 135 Å². The maximum atomic E-state index is 12.4. The van der Waals surface area contributed by atoms with Crippen molar-refractivity contribution >= 4 is 17.3 Å². The van der Waals surface area contributed by atoms with Gasteiger partial charge in [0, 0.05) is 5.56 Å². The summed E-state index contributed by atoms with van der Waals surface area (Å²) in [6.45, 7) is 1.92. The molecule has 0 radical (unpaired) electrons. The molecule has 0 aliphatic heterocycles. The van der Waals surface area contributed by atoms with Crippen LogP contribution in [0.2, 0.25) is 0 Å². The van der Waals surface area contributed by atoms with E-state index in [0.29, 0.717) is 16.9 Å². The van der Waals surface area contributed by atoms with Crippen molar-refractivity contribution in [3.05, 3.63) is 83.9 Å². The van der Waals surface area contributed by atoms with Crippen molar-refractivity contribution in [2.75, 3.05) is 11.1 Å². The highest BCUT2D eigenvalue weighted by Gasteiger charge is 2.09. The molecule has 3 aromatic rings. The topological polar surface area (TPSA) is 55.1 Å². The fourth-order valence-corrected chi connectivity index (χ4v) is 2.43. The number of carbonyl (C=O) groups is 1. The molecule has 0 atom stereocenters. The molecule has 0 aliphatic rings. The lowest BCUT2D eigenvalue weighted by molar-refractivity contribution is 0.102. The Kier molecular flexibility index (Phi) is 4.11. The van der Waals surface area contributed by atoms with Crippen molar-refractivity contribution in [3.8, 4) is 11.1 Å². The molecule has 0 unspecified atom stereocenters. The van der Waals surface area contributed by atoms with Gasteiger partial charge in [-0.2, -0.15) is 0 Å². The molecule has 0 spiro atoms. The molecule has 23 heavy (non-hydrogen) atoms. The highest BCUT2D eigenvalue weighted by atomic mass is 16.1. The summed E-state index contributed by atoms with van der Waals surface area (Å²) >= 11 is 0. The van der Waals surface area contributed by atoms with Gasteiger partial charge in [-0.15, -0.1) is 0 Å². The number of nitrogen functional groups attached to an aromatic ring is 1. The van der Waals surface area contributed by atoms with Crippen molar-refractivity contribution in [3.63, 3.8) is 0 Å². The van der Waals surface area contributed by atoms with Crippen molar-refractivity contribution in [1.29, 1.82) is 0 Å². The normalized spacial score (nSPS) is 10.3. The van der Waals surface area contributed by atoms with Gasteiger partial charge in [0.15, 0.2) is 0 Å². The third kappa shape index (κ3) is 3.24. The maximum absolute atomic E-state index is 12.4. The van der Waals surface area contributed by atoms with Gasteiger partial charge in [0.2, 0.25) is 0 Å². The number of hydrogen-bond acceptors (Lipinski definition) is 2. The second-order valence-electron chi connectivity index (χ2n) is 5.43. The van der Waals surface area contributed by atoms with E-state index in [2.05, 4.69) is 5.32 Å². The Hall–Kier alpha value is -3.07. The molecular formula is C20H18N2O. The van der Waals surface area contributed by atoms with Gasteiger partial charge in [0.05, 0.1) is 11.4 Å². The smallest absolute Gasteiger partial charge is 0.255 e. The molecule has 0 bridgehead atoms. The van der Waals surface area contributed by atoms with Gasteiger partial charge >= 0.3 is 0 Å². The monoisotopic (exact) mass is 302 g/mol. The molecule has 0 aromatic heterocycles. The standard InChI is InChI=1S/C20H18N2O/c1-14-6-5-9-18(19(14)21)22-20(23)17-12-10-16(11-13-17)15-7-3-2-4-8-15/h2-13H,21H2,1H3,(H,22,23). The first kappa shape index (κ1) is 14.9. The summed E-state index contributed by atoms with van der Waals surface area (Å²) in [6, 6.07) is 23.2.